The normalized spacial score (nSPS) is 41.2. The molecule has 1 heteroatoms. The van der Waals surface area contributed by atoms with Gasteiger partial charge in [-0.15, -0.1) is 0 Å². The Morgan fingerprint density at radius 1 is 1.03 bits per heavy atom. The first kappa shape index (κ1) is 21.3. The standard InChI is InChI=1S/C30H41N/c1-28(21-31,19-16-22-9-5-4-6-10-22)27-15-14-25-24-13-12-23-11-7-8-18-29(23,2)26(24)17-20-30(25,27)3/h4-6,9-10,12,24-27H,7-8,11,13-20H2,1-3H3/t24?,25-,26-,27+,28+,29-,30-/m0/s1. The van der Waals surface area contributed by atoms with E-state index >= 15 is 0 Å². The Labute approximate surface area is 190 Å². The first-order valence-corrected chi connectivity index (χ1v) is 13.1. The van der Waals surface area contributed by atoms with Crippen molar-refractivity contribution >= 4 is 0 Å². The molecule has 0 aliphatic heterocycles. The lowest BCUT2D eigenvalue weighted by Gasteiger charge is -2.58. The van der Waals surface area contributed by atoms with Crippen molar-refractivity contribution in [1.82, 2.24) is 0 Å². The second kappa shape index (κ2) is 7.79. The van der Waals surface area contributed by atoms with Crippen molar-refractivity contribution < 1.29 is 0 Å². The van der Waals surface area contributed by atoms with Crippen molar-refractivity contribution in [1.29, 1.82) is 5.26 Å². The van der Waals surface area contributed by atoms with Gasteiger partial charge in [0.1, 0.15) is 0 Å². The lowest BCUT2D eigenvalue weighted by Crippen LogP contribution is -2.51. The van der Waals surface area contributed by atoms with Crippen LogP contribution in [-0.2, 0) is 6.42 Å². The van der Waals surface area contributed by atoms with Crippen LogP contribution in [0, 0.1) is 51.2 Å². The maximum absolute atomic E-state index is 10.4. The molecule has 3 fully saturated rings. The summed E-state index contributed by atoms with van der Waals surface area (Å²) in [6.45, 7) is 7.50. The van der Waals surface area contributed by atoms with E-state index < -0.39 is 0 Å². The number of aryl methyl sites for hydroxylation is 1. The minimum atomic E-state index is -0.212. The Hall–Kier alpha value is -1.55. The van der Waals surface area contributed by atoms with Gasteiger partial charge in [-0.1, -0.05) is 62.2 Å². The fourth-order valence-electron chi connectivity index (χ4n) is 9.10. The molecular formula is C30H41N. The van der Waals surface area contributed by atoms with E-state index in [2.05, 4.69) is 63.2 Å². The summed E-state index contributed by atoms with van der Waals surface area (Å²) in [5.74, 6) is 3.11. The fourth-order valence-corrected chi connectivity index (χ4v) is 9.10. The van der Waals surface area contributed by atoms with E-state index in [1.807, 2.05) is 5.57 Å². The van der Waals surface area contributed by atoms with Crippen LogP contribution in [0.3, 0.4) is 0 Å². The number of benzene rings is 1. The molecule has 7 atom stereocenters. The fraction of sp³-hybridized carbons (Fsp3) is 0.700. The average Bonchev–Trinajstić information content (AvgIpc) is 3.16. The molecule has 5 rings (SSSR count). The van der Waals surface area contributed by atoms with Crippen LogP contribution in [0.25, 0.3) is 0 Å². The molecule has 1 aromatic carbocycles. The first-order chi connectivity index (χ1) is 14.9. The first-order valence-electron chi connectivity index (χ1n) is 13.1. The molecule has 166 valence electrons. The van der Waals surface area contributed by atoms with Crippen LogP contribution in [0.2, 0.25) is 0 Å². The van der Waals surface area contributed by atoms with Crippen molar-refractivity contribution in [2.75, 3.05) is 0 Å². The Kier molecular flexibility index (Phi) is 5.36. The third kappa shape index (κ3) is 3.32. The van der Waals surface area contributed by atoms with Gasteiger partial charge in [-0.2, -0.15) is 5.26 Å². The Bertz CT molecular complexity index is 877. The molecule has 3 saturated carbocycles. The molecule has 0 amide bonds. The minimum absolute atomic E-state index is 0.212. The van der Waals surface area contributed by atoms with Crippen LogP contribution >= 0.6 is 0 Å². The lowest BCUT2D eigenvalue weighted by atomic mass is 9.46. The van der Waals surface area contributed by atoms with E-state index in [0.717, 1.165) is 30.6 Å². The largest absolute Gasteiger partial charge is 0.198 e. The van der Waals surface area contributed by atoms with Gasteiger partial charge in [-0.3, -0.25) is 0 Å². The average molecular weight is 416 g/mol. The van der Waals surface area contributed by atoms with Crippen LogP contribution in [0.5, 0.6) is 0 Å². The summed E-state index contributed by atoms with van der Waals surface area (Å²) >= 11 is 0. The van der Waals surface area contributed by atoms with Crippen molar-refractivity contribution in [3.63, 3.8) is 0 Å². The molecule has 1 aromatic rings. The van der Waals surface area contributed by atoms with E-state index in [1.54, 1.807) is 0 Å². The second-order valence-corrected chi connectivity index (χ2v) is 12.2. The molecule has 0 spiro atoms. The Morgan fingerprint density at radius 2 is 1.84 bits per heavy atom. The summed E-state index contributed by atoms with van der Waals surface area (Å²) in [6.07, 6.45) is 17.0. The molecule has 0 saturated heterocycles. The van der Waals surface area contributed by atoms with Crippen molar-refractivity contribution in [3.05, 3.63) is 47.5 Å². The number of nitriles is 1. The van der Waals surface area contributed by atoms with Crippen LogP contribution in [-0.4, -0.2) is 0 Å². The van der Waals surface area contributed by atoms with Gasteiger partial charge in [0.15, 0.2) is 0 Å². The lowest BCUT2D eigenvalue weighted by molar-refractivity contribution is -0.0579. The van der Waals surface area contributed by atoms with Crippen LogP contribution in [0.4, 0.5) is 0 Å². The molecule has 0 bridgehead atoms. The smallest absolute Gasteiger partial charge is 0.0690 e. The van der Waals surface area contributed by atoms with Crippen LogP contribution in [0.15, 0.2) is 42.0 Å². The number of allylic oxidation sites excluding steroid dienone is 2. The zero-order chi connectivity index (χ0) is 21.7. The van der Waals surface area contributed by atoms with Gasteiger partial charge >= 0.3 is 0 Å². The van der Waals surface area contributed by atoms with Gasteiger partial charge in [0.2, 0.25) is 0 Å². The number of fused-ring (bicyclic) bond motifs is 5. The summed E-state index contributed by atoms with van der Waals surface area (Å²) in [5.41, 5.74) is 3.80. The molecule has 1 unspecified atom stereocenters. The predicted molar refractivity (Wildman–Crippen MR) is 128 cm³/mol. The van der Waals surface area contributed by atoms with E-state index in [4.69, 9.17) is 0 Å². The van der Waals surface area contributed by atoms with E-state index in [-0.39, 0.29) is 5.41 Å². The van der Waals surface area contributed by atoms with Crippen molar-refractivity contribution in [2.24, 2.45) is 39.9 Å². The monoisotopic (exact) mass is 415 g/mol. The summed E-state index contributed by atoms with van der Waals surface area (Å²) in [4.78, 5) is 0. The maximum atomic E-state index is 10.4. The van der Waals surface area contributed by atoms with Gasteiger partial charge < -0.3 is 0 Å². The molecule has 1 nitrogen and oxygen atoms in total. The van der Waals surface area contributed by atoms with Gasteiger partial charge in [0.05, 0.1) is 11.5 Å². The van der Waals surface area contributed by atoms with Gasteiger partial charge in [0, 0.05) is 0 Å². The highest BCUT2D eigenvalue weighted by atomic mass is 14.6. The van der Waals surface area contributed by atoms with E-state index in [9.17, 15) is 5.26 Å². The molecule has 0 heterocycles. The maximum Gasteiger partial charge on any atom is 0.0690 e. The SMILES string of the molecule is C[C@]12CC[C@H]3C(CC=C4CCCC[C@@]43C)[C@@H]1CC[C@@H]2[C@@](C)(C#N)CCc1ccccc1. The highest BCUT2D eigenvalue weighted by molar-refractivity contribution is 5.25. The molecule has 0 aromatic heterocycles. The van der Waals surface area contributed by atoms with Gasteiger partial charge in [0.25, 0.3) is 0 Å². The molecule has 31 heavy (non-hydrogen) atoms. The van der Waals surface area contributed by atoms with Crippen molar-refractivity contribution in [2.45, 2.75) is 91.4 Å². The highest BCUT2D eigenvalue weighted by Gasteiger charge is 2.61. The van der Waals surface area contributed by atoms with Crippen LogP contribution in [0.1, 0.15) is 90.5 Å². The second-order valence-electron chi connectivity index (χ2n) is 12.2. The Morgan fingerprint density at radius 3 is 2.61 bits per heavy atom. The third-order valence-corrected chi connectivity index (χ3v) is 10.8. The summed E-state index contributed by atoms with van der Waals surface area (Å²) in [5, 5.41) is 10.4. The number of hydrogen-bond donors (Lipinski definition) is 0. The summed E-state index contributed by atoms with van der Waals surface area (Å²) < 4.78 is 0. The molecular weight excluding hydrogens is 374 g/mol. The Balaban J connectivity index is 1.38. The predicted octanol–water partition coefficient (Wildman–Crippen LogP) is 8.12. The molecule has 0 N–H and O–H groups in total. The molecule has 4 aliphatic rings. The number of nitrogens with zero attached hydrogens (tertiary/aromatic N) is 1. The number of rotatable bonds is 4. The zero-order valence-electron chi connectivity index (χ0n) is 20.0. The molecule has 4 aliphatic carbocycles. The van der Waals surface area contributed by atoms with Crippen LogP contribution < -0.4 is 0 Å². The number of hydrogen-bond acceptors (Lipinski definition) is 1. The summed E-state index contributed by atoms with van der Waals surface area (Å²) in [7, 11) is 0. The van der Waals surface area contributed by atoms with Crippen molar-refractivity contribution in [3.8, 4) is 6.07 Å². The summed E-state index contributed by atoms with van der Waals surface area (Å²) in [6, 6.07) is 13.7. The quantitative estimate of drug-likeness (QED) is 0.455. The van der Waals surface area contributed by atoms with E-state index in [0.29, 0.717) is 16.7 Å². The van der Waals surface area contributed by atoms with Gasteiger partial charge in [-0.05, 0) is 111 Å². The molecule has 0 radical (unpaired) electrons. The zero-order valence-corrected chi connectivity index (χ0v) is 20.0. The third-order valence-electron chi connectivity index (χ3n) is 10.8. The minimum Gasteiger partial charge on any atom is -0.198 e. The van der Waals surface area contributed by atoms with Gasteiger partial charge in [-0.25, -0.2) is 0 Å². The topological polar surface area (TPSA) is 23.8 Å². The van der Waals surface area contributed by atoms with E-state index in [1.165, 1.54) is 63.4 Å². The highest BCUT2D eigenvalue weighted by Crippen LogP contribution is 2.68.